The number of hydrogen-bond acceptors (Lipinski definition) is 5. The van der Waals surface area contributed by atoms with E-state index >= 15 is 0 Å². The quantitative estimate of drug-likeness (QED) is 0.583. The first-order valence-electron chi connectivity index (χ1n) is 10.3. The van der Waals surface area contributed by atoms with Crippen LogP contribution in [0, 0.1) is 11.8 Å². The highest BCUT2D eigenvalue weighted by Crippen LogP contribution is 2.33. The summed E-state index contributed by atoms with van der Waals surface area (Å²) in [5.41, 5.74) is 5.99. The van der Waals surface area contributed by atoms with Crippen LogP contribution in [0.1, 0.15) is 45.4 Å². The molecule has 1 heterocycles. The topological polar surface area (TPSA) is 101 Å². The third-order valence-corrected chi connectivity index (χ3v) is 6.19. The van der Waals surface area contributed by atoms with Gasteiger partial charge in [0.15, 0.2) is 5.69 Å². The second-order valence-corrected chi connectivity index (χ2v) is 10.1. The first-order chi connectivity index (χ1) is 14.5. The molecule has 170 valence electrons. The summed E-state index contributed by atoms with van der Waals surface area (Å²) in [5.74, 6) is 0.144. The van der Waals surface area contributed by atoms with Gasteiger partial charge in [0.05, 0.1) is 5.75 Å². The molecule has 0 spiro atoms. The first-order valence-corrected chi connectivity index (χ1v) is 11.7. The van der Waals surface area contributed by atoms with Crippen LogP contribution in [0.2, 0.25) is 5.02 Å². The van der Waals surface area contributed by atoms with Crippen LogP contribution in [-0.2, 0) is 11.3 Å². The van der Waals surface area contributed by atoms with E-state index < -0.39 is 11.2 Å². The molecular weight excluding hydrogens is 436 g/mol. The van der Waals surface area contributed by atoms with Gasteiger partial charge in [-0.2, -0.15) is 0 Å². The molecule has 1 amide bonds. The molecule has 0 aliphatic rings. The third-order valence-electron chi connectivity index (χ3n) is 4.68. The number of nitrogens with two attached hydrogens (primary N) is 1. The number of nitrogen functional groups attached to an aromatic ring is 1. The van der Waals surface area contributed by atoms with E-state index in [2.05, 4.69) is 4.98 Å². The lowest BCUT2D eigenvalue weighted by Gasteiger charge is -2.27. The van der Waals surface area contributed by atoms with Crippen molar-refractivity contribution in [2.75, 3.05) is 22.9 Å². The molecule has 0 radical (unpaired) electrons. The average molecular weight is 467 g/mol. The molecule has 0 saturated carbocycles. The van der Waals surface area contributed by atoms with Crippen LogP contribution in [-0.4, -0.2) is 27.8 Å². The molecule has 0 saturated heterocycles. The second-order valence-electron chi connectivity index (χ2n) is 8.37. The molecule has 1 unspecified atom stereocenters. The maximum atomic E-state index is 13.2. The zero-order valence-corrected chi connectivity index (χ0v) is 20.2. The van der Waals surface area contributed by atoms with Crippen molar-refractivity contribution < 1.29 is 4.79 Å². The van der Waals surface area contributed by atoms with Gasteiger partial charge in [-0.15, -0.1) is 11.8 Å². The number of benzene rings is 1. The number of nitrogens with one attached hydrogen (secondary N) is 1. The highest BCUT2D eigenvalue weighted by molar-refractivity contribution is 8.00. The predicted molar refractivity (Wildman–Crippen MR) is 130 cm³/mol. The number of carbonyl (C=O) groups excluding carboxylic acids is 1. The van der Waals surface area contributed by atoms with Crippen molar-refractivity contribution >= 4 is 40.8 Å². The molecule has 2 rings (SSSR count). The van der Waals surface area contributed by atoms with E-state index in [1.165, 1.54) is 21.2 Å². The van der Waals surface area contributed by atoms with E-state index in [4.69, 9.17) is 17.3 Å². The van der Waals surface area contributed by atoms with Gasteiger partial charge in [-0.3, -0.25) is 19.1 Å². The number of halogens is 1. The fourth-order valence-corrected chi connectivity index (χ4v) is 4.53. The Morgan fingerprint density at radius 1 is 1.16 bits per heavy atom. The standard InChI is InChI=1S/C22H31ClN4O3S/c1-13(2)10-26(18(28)12-31-15(5)16-8-6-7-9-17(16)23)19-20(24)27(11-14(3)4)22(30)25-21(19)29/h6-9,13-15H,10-12,24H2,1-5H3,(H,25,29,30). The van der Waals surface area contributed by atoms with Gasteiger partial charge < -0.3 is 10.6 Å². The lowest BCUT2D eigenvalue weighted by molar-refractivity contribution is -0.116. The van der Waals surface area contributed by atoms with Gasteiger partial charge in [0.25, 0.3) is 5.56 Å². The number of hydrogen-bond donors (Lipinski definition) is 2. The van der Waals surface area contributed by atoms with Crippen molar-refractivity contribution in [2.45, 2.75) is 46.4 Å². The number of H-pyrrole nitrogens is 1. The van der Waals surface area contributed by atoms with Gasteiger partial charge in [0.1, 0.15) is 5.82 Å². The van der Waals surface area contributed by atoms with Crippen molar-refractivity contribution in [3.05, 3.63) is 55.7 Å². The maximum absolute atomic E-state index is 13.2. The monoisotopic (exact) mass is 466 g/mol. The summed E-state index contributed by atoms with van der Waals surface area (Å²) >= 11 is 7.71. The van der Waals surface area contributed by atoms with E-state index in [9.17, 15) is 14.4 Å². The van der Waals surface area contributed by atoms with Crippen molar-refractivity contribution in [1.82, 2.24) is 9.55 Å². The molecule has 1 aromatic carbocycles. The SMILES string of the molecule is CC(C)CN(C(=O)CSC(C)c1ccccc1Cl)c1c(N)n(CC(C)C)c(=O)[nH]c1=O. The summed E-state index contributed by atoms with van der Waals surface area (Å²) in [5, 5.41) is 0.638. The molecule has 31 heavy (non-hydrogen) atoms. The van der Waals surface area contributed by atoms with Crippen molar-refractivity contribution in [3.8, 4) is 0 Å². The molecule has 7 nitrogen and oxygen atoms in total. The van der Waals surface area contributed by atoms with Gasteiger partial charge in [-0.05, 0) is 30.4 Å². The molecule has 0 aliphatic carbocycles. The highest BCUT2D eigenvalue weighted by Gasteiger charge is 2.26. The number of thioether (sulfide) groups is 1. The Morgan fingerprint density at radius 2 is 1.81 bits per heavy atom. The van der Waals surface area contributed by atoms with E-state index in [0.29, 0.717) is 18.1 Å². The van der Waals surface area contributed by atoms with Crippen LogP contribution in [0.3, 0.4) is 0 Å². The summed E-state index contributed by atoms with van der Waals surface area (Å²) < 4.78 is 1.32. The Labute approximate surface area is 192 Å². The molecule has 2 aromatic rings. The van der Waals surface area contributed by atoms with Gasteiger partial charge in [-0.25, -0.2) is 4.79 Å². The molecule has 3 N–H and O–H groups in total. The zero-order chi connectivity index (χ0) is 23.3. The summed E-state index contributed by atoms with van der Waals surface area (Å²) in [6, 6.07) is 7.52. The third kappa shape index (κ3) is 6.40. The molecule has 0 aliphatic heterocycles. The Bertz CT molecular complexity index is 1030. The molecular formula is C22H31ClN4O3S. The summed E-state index contributed by atoms with van der Waals surface area (Å²) in [7, 11) is 0. The van der Waals surface area contributed by atoms with Gasteiger partial charge in [0.2, 0.25) is 5.91 Å². The number of carbonyl (C=O) groups is 1. The molecule has 0 bridgehead atoms. The van der Waals surface area contributed by atoms with Crippen LogP contribution in [0.25, 0.3) is 0 Å². The summed E-state index contributed by atoms with van der Waals surface area (Å²) in [6.07, 6.45) is 0. The highest BCUT2D eigenvalue weighted by atomic mass is 35.5. The minimum atomic E-state index is -0.652. The number of aromatic nitrogens is 2. The van der Waals surface area contributed by atoms with E-state index in [1.807, 2.05) is 58.9 Å². The van der Waals surface area contributed by atoms with Crippen molar-refractivity contribution in [3.63, 3.8) is 0 Å². The van der Waals surface area contributed by atoms with Crippen LogP contribution in [0.4, 0.5) is 11.5 Å². The van der Waals surface area contributed by atoms with Crippen LogP contribution in [0.5, 0.6) is 0 Å². The smallest absolute Gasteiger partial charge is 0.330 e. The van der Waals surface area contributed by atoms with Crippen LogP contribution in [0.15, 0.2) is 33.9 Å². The summed E-state index contributed by atoms with van der Waals surface area (Å²) in [6.45, 7) is 10.4. The lowest BCUT2D eigenvalue weighted by atomic mass is 10.2. The van der Waals surface area contributed by atoms with E-state index in [0.717, 1.165) is 5.56 Å². The van der Waals surface area contributed by atoms with E-state index in [1.54, 1.807) is 0 Å². The van der Waals surface area contributed by atoms with Gasteiger partial charge >= 0.3 is 5.69 Å². The predicted octanol–water partition coefficient (Wildman–Crippen LogP) is 3.91. The fourth-order valence-electron chi connectivity index (χ4n) is 3.24. The van der Waals surface area contributed by atoms with Crippen LogP contribution >= 0.6 is 23.4 Å². The van der Waals surface area contributed by atoms with E-state index in [-0.39, 0.29) is 40.3 Å². The minimum absolute atomic E-state index is 0.0101. The largest absolute Gasteiger partial charge is 0.383 e. The average Bonchev–Trinajstić information content (AvgIpc) is 2.68. The number of nitrogens with zero attached hydrogens (tertiary/aromatic N) is 2. The first kappa shape index (κ1) is 25.1. The van der Waals surface area contributed by atoms with Gasteiger partial charge in [0, 0.05) is 23.4 Å². The number of amides is 1. The minimum Gasteiger partial charge on any atom is -0.383 e. The van der Waals surface area contributed by atoms with Crippen molar-refractivity contribution in [1.29, 1.82) is 0 Å². The summed E-state index contributed by atoms with van der Waals surface area (Å²) in [4.78, 5) is 41.9. The maximum Gasteiger partial charge on any atom is 0.330 e. The number of rotatable bonds is 9. The number of aromatic amines is 1. The fraction of sp³-hybridized carbons (Fsp3) is 0.500. The van der Waals surface area contributed by atoms with Crippen molar-refractivity contribution in [2.24, 2.45) is 11.8 Å². The number of anilines is 2. The normalized spacial score (nSPS) is 12.4. The lowest BCUT2D eigenvalue weighted by Crippen LogP contribution is -2.43. The zero-order valence-electron chi connectivity index (χ0n) is 18.6. The molecule has 0 fully saturated rings. The Balaban J connectivity index is 2.35. The van der Waals surface area contributed by atoms with Crippen LogP contribution < -0.4 is 21.9 Å². The molecule has 9 heteroatoms. The molecule has 1 aromatic heterocycles. The van der Waals surface area contributed by atoms with Gasteiger partial charge in [-0.1, -0.05) is 57.5 Å². The Hall–Kier alpha value is -2.19. The Kier molecular flexibility index (Phi) is 8.82. The molecule has 1 atom stereocenters. The Morgan fingerprint density at radius 3 is 2.39 bits per heavy atom. The second kappa shape index (κ2) is 10.9.